The van der Waals surface area contributed by atoms with E-state index in [2.05, 4.69) is 15.0 Å². The summed E-state index contributed by atoms with van der Waals surface area (Å²) in [5.41, 5.74) is 2.85. The summed E-state index contributed by atoms with van der Waals surface area (Å²) in [6.07, 6.45) is 1.54. The molecule has 0 fully saturated rings. The highest BCUT2D eigenvalue weighted by Gasteiger charge is 2.32. The number of aromatic nitrogens is 2. The second kappa shape index (κ2) is 8.43. The standard InChI is InChI=1S/C24H17FN4O2S/c1-15-13-20(32-14-15)23-28-21(16-7-9-17(25)10-8-16)22(29(23)30)19-11-12-26-24(27-19)31-18-5-3-2-4-6-18/h2-14,29H,1H3. The molecule has 1 aliphatic heterocycles. The van der Waals surface area contributed by atoms with Crippen LogP contribution in [0.1, 0.15) is 21.7 Å². The van der Waals surface area contributed by atoms with Gasteiger partial charge in [-0.15, -0.1) is 11.3 Å². The van der Waals surface area contributed by atoms with Crippen LogP contribution < -0.4 is 9.80 Å². The zero-order valence-corrected chi connectivity index (χ0v) is 17.8. The zero-order valence-electron chi connectivity index (χ0n) is 16.9. The SMILES string of the molecule is Cc1csc(C2=NC(c3ccc(F)cc3)=C(c3ccnc(Oc4ccccc4)n3)[NH+]2[O-])c1. The van der Waals surface area contributed by atoms with Crippen LogP contribution in [0.3, 0.4) is 0 Å². The van der Waals surface area contributed by atoms with Gasteiger partial charge in [-0.25, -0.2) is 9.37 Å². The van der Waals surface area contributed by atoms with Gasteiger partial charge in [-0.2, -0.15) is 9.98 Å². The van der Waals surface area contributed by atoms with E-state index in [9.17, 15) is 9.60 Å². The number of hydrogen-bond donors (Lipinski definition) is 1. The summed E-state index contributed by atoms with van der Waals surface area (Å²) in [6, 6.07) is 18.7. The Labute approximate surface area is 187 Å². The van der Waals surface area contributed by atoms with E-state index in [-0.39, 0.29) is 16.9 Å². The van der Waals surface area contributed by atoms with Crippen molar-refractivity contribution in [3.8, 4) is 11.8 Å². The van der Waals surface area contributed by atoms with Gasteiger partial charge in [0, 0.05) is 11.8 Å². The number of aliphatic imine (C=N–C) groups is 1. The Morgan fingerprint density at radius 1 is 1.03 bits per heavy atom. The molecule has 4 aromatic rings. The molecule has 2 aromatic heterocycles. The first-order valence-corrected chi connectivity index (χ1v) is 10.7. The Hall–Kier alpha value is -3.72. The third-order valence-electron chi connectivity index (χ3n) is 4.83. The van der Waals surface area contributed by atoms with Crippen molar-refractivity contribution in [1.82, 2.24) is 9.97 Å². The molecular formula is C24H17FN4O2S. The minimum absolute atomic E-state index is 0.118. The average molecular weight is 444 g/mol. The predicted molar refractivity (Wildman–Crippen MR) is 122 cm³/mol. The molecule has 0 radical (unpaired) electrons. The molecule has 0 saturated carbocycles. The number of benzene rings is 2. The molecule has 2 aromatic carbocycles. The normalized spacial score (nSPS) is 15.7. The van der Waals surface area contributed by atoms with Gasteiger partial charge in [0.25, 0.3) is 0 Å². The van der Waals surface area contributed by atoms with E-state index in [0.29, 0.717) is 34.2 Å². The van der Waals surface area contributed by atoms with Crippen LogP contribution >= 0.6 is 11.3 Å². The number of nitrogens with zero attached hydrogens (tertiary/aromatic N) is 3. The van der Waals surface area contributed by atoms with Crippen LogP contribution in [0.5, 0.6) is 11.8 Å². The van der Waals surface area contributed by atoms with Gasteiger partial charge >= 0.3 is 6.01 Å². The number of aryl methyl sites for hydroxylation is 1. The Bertz CT molecular complexity index is 1330. The second-order valence-corrected chi connectivity index (χ2v) is 8.06. The van der Waals surface area contributed by atoms with Gasteiger partial charge in [-0.1, -0.05) is 18.2 Å². The molecule has 6 nitrogen and oxygen atoms in total. The van der Waals surface area contributed by atoms with Gasteiger partial charge in [0.1, 0.15) is 27.8 Å². The lowest BCUT2D eigenvalue weighted by molar-refractivity contribution is -0.655. The number of amidine groups is 1. The molecule has 0 spiro atoms. The molecule has 0 aliphatic carbocycles. The Morgan fingerprint density at radius 3 is 2.53 bits per heavy atom. The van der Waals surface area contributed by atoms with E-state index >= 15 is 0 Å². The molecule has 3 heterocycles. The Balaban J connectivity index is 1.59. The number of hydroxylamine groups is 2. The average Bonchev–Trinajstić information content (AvgIpc) is 3.38. The van der Waals surface area contributed by atoms with Crippen LogP contribution in [0.4, 0.5) is 4.39 Å². The summed E-state index contributed by atoms with van der Waals surface area (Å²) >= 11 is 1.46. The molecule has 8 heteroatoms. The maximum Gasteiger partial charge on any atom is 0.322 e. The van der Waals surface area contributed by atoms with Crippen molar-refractivity contribution in [2.75, 3.05) is 0 Å². The zero-order chi connectivity index (χ0) is 22.1. The number of halogens is 1. The summed E-state index contributed by atoms with van der Waals surface area (Å²) in [5.74, 6) is 0.571. The molecule has 158 valence electrons. The van der Waals surface area contributed by atoms with Crippen molar-refractivity contribution in [2.24, 2.45) is 4.99 Å². The number of rotatable bonds is 5. The van der Waals surface area contributed by atoms with Crippen molar-refractivity contribution in [3.05, 3.63) is 111 Å². The third-order valence-corrected chi connectivity index (χ3v) is 5.88. The Kier molecular flexibility index (Phi) is 5.32. The van der Waals surface area contributed by atoms with Gasteiger partial charge in [-0.05, 0) is 66.4 Å². The first-order valence-electron chi connectivity index (χ1n) is 9.84. The fourth-order valence-electron chi connectivity index (χ4n) is 3.34. The van der Waals surface area contributed by atoms with Crippen molar-refractivity contribution in [3.63, 3.8) is 0 Å². The van der Waals surface area contributed by atoms with Crippen molar-refractivity contribution in [1.29, 1.82) is 0 Å². The molecule has 1 atom stereocenters. The number of ether oxygens (including phenoxy) is 1. The summed E-state index contributed by atoms with van der Waals surface area (Å²) in [5, 5.41) is 15.2. The van der Waals surface area contributed by atoms with Gasteiger partial charge in [0.15, 0.2) is 5.70 Å². The van der Waals surface area contributed by atoms with Crippen LogP contribution in [-0.2, 0) is 0 Å². The fraction of sp³-hybridized carbons (Fsp3) is 0.0417. The summed E-state index contributed by atoms with van der Waals surface area (Å²) in [7, 11) is 0. The molecule has 5 rings (SSSR count). The van der Waals surface area contributed by atoms with Crippen molar-refractivity contribution in [2.45, 2.75) is 6.92 Å². The smallest absolute Gasteiger partial charge is 0.322 e. The first kappa shape index (κ1) is 20.2. The van der Waals surface area contributed by atoms with E-state index in [0.717, 1.165) is 10.4 Å². The first-order chi connectivity index (χ1) is 15.6. The maximum atomic E-state index is 13.5. The number of hydrogen-bond acceptors (Lipinski definition) is 6. The predicted octanol–water partition coefficient (Wildman–Crippen LogP) is 4.45. The molecule has 0 saturated heterocycles. The molecule has 1 aliphatic rings. The maximum absolute atomic E-state index is 13.5. The fourth-order valence-corrected chi connectivity index (χ4v) is 4.23. The monoisotopic (exact) mass is 444 g/mol. The van der Waals surface area contributed by atoms with Crippen LogP contribution in [0.15, 0.2) is 83.3 Å². The molecular weight excluding hydrogens is 427 g/mol. The molecule has 32 heavy (non-hydrogen) atoms. The highest BCUT2D eigenvalue weighted by atomic mass is 32.1. The number of para-hydroxylation sites is 1. The van der Waals surface area contributed by atoms with Crippen LogP contribution in [0.25, 0.3) is 11.4 Å². The van der Waals surface area contributed by atoms with Crippen LogP contribution in [0, 0.1) is 17.9 Å². The van der Waals surface area contributed by atoms with Gasteiger partial charge in [-0.3, -0.25) is 5.06 Å². The molecule has 0 bridgehead atoms. The van der Waals surface area contributed by atoms with E-state index in [1.54, 1.807) is 30.3 Å². The molecule has 1 N–H and O–H groups in total. The lowest BCUT2D eigenvalue weighted by atomic mass is 10.1. The van der Waals surface area contributed by atoms with Gasteiger partial charge < -0.3 is 9.94 Å². The topological polar surface area (TPSA) is 74.9 Å². The lowest BCUT2D eigenvalue weighted by Crippen LogP contribution is -3.06. The summed E-state index contributed by atoms with van der Waals surface area (Å²) in [6.45, 7) is 1.97. The van der Waals surface area contributed by atoms with Crippen molar-refractivity contribution >= 4 is 28.6 Å². The highest BCUT2D eigenvalue weighted by Crippen LogP contribution is 2.29. The number of quaternary nitrogens is 1. The number of nitrogens with one attached hydrogen (secondary N) is 1. The molecule has 1 unspecified atom stereocenters. The second-order valence-electron chi connectivity index (χ2n) is 7.15. The highest BCUT2D eigenvalue weighted by molar-refractivity contribution is 7.12. The van der Waals surface area contributed by atoms with E-state index in [1.807, 2.05) is 36.6 Å². The lowest BCUT2D eigenvalue weighted by Gasteiger charge is -2.19. The summed E-state index contributed by atoms with van der Waals surface area (Å²) in [4.78, 5) is 14.1. The largest absolute Gasteiger partial charge is 0.622 e. The quantitative estimate of drug-likeness (QED) is 0.462. The van der Waals surface area contributed by atoms with Gasteiger partial charge in [0.05, 0.1) is 0 Å². The van der Waals surface area contributed by atoms with E-state index in [4.69, 9.17) is 4.74 Å². The summed E-state index contributed by atoms with van der Waals surface area (Å²) < 4.78 is 19.3. The van der Waals surface area contributed by atoms with Crippen LogP contribution in [0.2, 0.25) is 0 Å². The van der Waals surface area contributed by atoms with Crippen LogP contribution in [-0.4, -0.2) is 15.8 Å². The number of thiophene rings is 1. The third kappa shape index (κ3) is 3.94. The minimum Gasteiger partial charge on any atom is -0.622 e. The van der Waals surface area contributed by atoms with E-state index < -0.39 is 0 Å². The van der Waals surface area contributed by atoms with E-state index in [1.165, 1.54) is 29.7 Å². The Morgan fingerprint density at radius 2 is 1.81 bits per heavy atom. The van der Waals surface area contributed by atoms with Crippen molar-refractivity contribution < 1.29 is 14.2 Å². The van der Waals surface area contributed by atoms with Gasteiger partial charge in [0.2, 0.25) is 5.84 Å². The minimum atomic E-state index is -0.362. The molecule has 0 amide bonds.